The molecule has 0 atom stereocenters. The molecule has 0 saturated carbocycles. The number of rotatable bonds is 5. The summed E-state index contributed by atoms with van der Waals surface area (Å²) >= 11 is 0. The summed E-state index contributed by atoms with van der Waals surface area (Å²) in [6, 6.07) is 5.00. The van der Waals surface area contributed by atoms with E-state index in [1.807, 2.05) is 0 Å². The van der Waals surface area contributed by atoms with E-state index in [1.165, 1.54) is 6.07 Å². The lowest BCUT2D eigenvalue weighted by Gasteiger charge is -2.13. The topological polar surface area (TPSA) is 49.3 Å². The second-order valence-electron chi connectivity index (χ2n) is 4.39. The molecule has 1 aromatic carbocycles. The molecule has 0 fully saturated rings. The SMILES string of the molecule is CCC(CC)CNC(=O)c1ccc(C)c(O)c1. The zero-order valence-electron chi connectivity index (χ0n) is 10.8. The summed E-state index contributed by atoms with van der Waals surface area (Å²) in [6.07, 6.45) is 2.13. The van der Waals surface area contributed by atoms with Crippen molar-refractivity contribution >= 4 is 5.91 Å². The van der Waals surface area contributed by atoms with E-state index < -0.39 is 0 Å². The molecule has 0 heterocycles. The minimum absolute atomic E-state index is 0.118. The Morgan fingerprint density at radius 1 is 1.35 bits per heavy atom. The van der Waals surface area contributed by atoms with Crippen LogP contribution in [0.5, 0.6) is 5.75 Å². The maximum Gasteiger partial charge on any atom is 0.251 e. The number of phenolic OH excluding ortho intramolecular Hbond substituents is 1. The average Bonchev–Trinajstić information content (AvgIpc) is 2.33. The van der Waals surface area contributed by atoms with Crippen molar-refractivity contribution in [3.05, 3.63) is 29.3 Å². The first kappa shape index (κ1) is 13.6. The largest absolute Gasteiger partial charge is 0.508 e. The van der Waals surface area contributed by atoms with Crippen LogP contribution in [0.15, 0.2) is 18.2 Å². The highest BCUT2D eigenvalue weighted by atomic mass is 16.3. The maximum atomic E-state index is 11.8. The number of hydrogen-bond donors (Lipinski definition) is 2. The van der Waals surface area contributed by atoms with Crippen LogP contribution >= 0.6 is 0 Å². The fraction of sp³-hybridized carbons (Fsp3) is 0.500. The molecule has 17 heavy (non-hydrogen) atoms. The van der Waals surface area contributed by atoms with Crippen LogP contribution in [-0.2, 0) is 0 Å². The molecule has 0 unspecified atom stereocenters. The molecule has 0 spiro atoms. The van der Waals surface area contributed by atoms with Crippen molar-refractivity contribution in [3.8, 4) is 5.75 Å². The molecule has 1 aromatic rings. The van der Waals surface area contributed by atoms with Gasteiger partial charge in [0, 0.05) is 12.1 Å². The van der Waals surface area contributed by atoms with Crippen LogP contribution in [0, 0.1) is 12.8 Å². The molecule has 94 valence electrons. The molecule has 0 aliphatic rings. The Balaban J connectivity index is 2.61. The van der Waals surface area contributed by atoms with Gasteiger partial charge in [-0.05, 0) is 30.5 Å². The third kappa shape index (κ3) is 3.77. The Hall–Kier alpha value is -1.51. The van der Waals surface area contributed by atoms with Gasteiger partial charge in [-0.15, -0.1) is 0 Å². The van der Waals surface area contributed by atoms with Gasteiger partial charge in [0.1, 0.15) is 5.75 Å². The molecule has 3 heteroatoms. The summed E-state index contributed by atoms with van der Waals surface area (Å²) in [5, 5.41) is 12.4. The minimum atomic E-state index is -0.118. The Morgan fingerprint density at radius 3 is 2.53 bits per heavy atom. The zero-order chi connectivity index (χ0) is 12.8. The van der Waals surface area contributed by atoms with Crippen LogP contribution in [-0.4, -0.2) is 17.6 Å². The van der Waals surface area contributed by atoms with Crippen LogP contribution in [0.3, 0.4) is 0 Å². The molecule has 1 amide bonds. The van der Waals surface area contributed by atoms with Gasteiger partial charge in [-0.3, -0.25) is 4.79 Å². The van der Waals surface area contributed by atoms with Crippen LogP contribution in [0.2, 0.25) is 0 Å². The predicted octanol–water partition coefficient (Wildman–Crippen LogP) is 2.87. The number of benzene rings is 1. The van der Waals surface area contributed by atoms with Gasteiger partial charge >= 0.3 is 0 Å². The highest BCUT2D eigenvalue weighted by Gasteiger charge is 2.09. The van der Waals surface area contributed by atoms with Crippen molar-refractivity contribution in [1.29, 1.82) is 0 Å². The normalized spacial score (nSPS) is 10.6. The number of aryl methyl sites for hydroxylation is 1. The van der Waals surface area contributed by atoms with Crippen LogP contribution in [0.25, 0.3) is 0 Å². The smallest absolute Gasteiger partial charge is 0.251 e. The lowest BCUT2D eigenvalue weighted by molar-refractivity contribution is 0.0946. The second-order valence-corrected chi connectivity index (χ2v) is 4.39. The molecule has 3 nitrogen and oxygen atoms in total. The number of amides is 1. The summed E-state index contributed by atoms with van der Waals surface area (Å²) in [4.78, 5) is 11.8. The van der Waals surface area contributed by atoms with Crippen LogP contribution in [0.1, 0.15) is 42.6 Å². The van der Waals surface area contributed by atoms with Crippen LogP contribution < -0.4 is 5.32 Å². The first-order valence-corrected chi connectivity index (χ1v) is 6.16. The molecular weight excluding hydrogens is 214 g/mol. The molecular formula is C14H21NO2. The third-order valence-electron chi connectivity index (χ3n) is 3.18. The number of carbonyl (C=O) groups excluding carboxylic acids is 1. The molecule has 0 aromatic heterocycles. The molecule has 1 rings (SSSR count). The fourth-order valence-electron chi connectivity index (χ4n) is 1.67. The maximum absolute atomic E-state index is 11.8. The van der Waals surface area contributed by atoms with E-state index in [2.05, 4.69) is 19.2 Å². The minimum Gasteiger partial charge on any atom is -0.508 e. The molecule has 0 saturated heterocycles. The lowest BCUT2D eigenvalue weighted by atomic mass is 10.0. The quantitative estimate of drug-likeness (QED) is 0.824. The Labute approximate surface area is 103 Å². The van der Waals surface area contributed by atoms with Gasteiger partial charge < -0.3 is 10.4 Å². The summed E-state index contributed by atoms with van der Waals surface area (Å²) in [5.74, 6) is 0.574. The molecule has 0 radical (unpaired) electrons. The zero-order valence-corrected chi connectivity index (χ0v) is 10.8. The van der Waals surface area contributed by atoms with Crippen molar-refractivity contribution in [1.82, 2.24) is 5.32 Å². The van der Waals surface area contributed by atoms with Gasteiger partial charge in [-0.1, -0.05) is 32.8 Å². The molecule has 2 N–H and O–H groups in total. The van der Waals surface area contributed by atoms with Crippen molar-refractivity contribution < 1.29 is 9.90 Å². The molecule has 0 aliphatic carbocycles. The van der Waals surface area contributed by atoms with Gasteiger partial charge in [0.05, 0.1) is 0 Å². The van der Waals surface area contributed by atoms with E-state index in [4.69, 9.17) is 0 Å². The van der Waals surface area contributed by atoms with Gasteiger partial charge in [0.25, 0.3) is 5.91 Å². The van der Waals surface area contributed by atoms with Crippen LogP contribution in [0.4, 0.5) is 0 Å². The van der Waals surface area contributed by atoms with Gasteiger partial charge in [0.2, 0.25) is 0 Å². The summed E-state index contributed by atoms with van der Waals surface area (Å²) in [6.45, 7) is 6.75. The van der Waals surface area contributed by atoms with Gasteiger partial charge in [0.15, 0.2) is 0 Å². The number of nitrogens with one attached hydrogen (secondary N) is 1. The predicted molar refractivity (Wildman–Crippen MR) is 69.2 cm³/mol. The molecule has 0 aliphatic heterocycles. The van der Waals surface area contributed by atoms with E-state index in [-0.39, 0.29) is 11.7 Å². The number of hydrogen-bond acceptors (Lipinski definition) is 2. The van der Waals surface area contributed by atoms with Crippen molar-refractivity contribution in [3.63, 3.8) is 0 Å². The number of phenols is 1. The Bertz CT molecular complexity index is 384. The molecule has 0 bridgehead atoms. The van der Waals surface area contributed by atoms with Crippen molar-refractivity contribution in [2.24, 2.45) is 5.92 Å². The second kappa shape index (κ2) is 6.28. The summed E-state index contributed by atoms with van der Waals surface area (Å²) < 4.78 is 0. The summed E-state index contributed by atoms with van der Waals surface area (Å²) in [5.41, 5.74) is 1.29. The van der Waals surface area contributed by atoms with E-state index in [0.29, 0.717) is 18.0 Å². The highest BCUT2D eigenvalue weighted by Crippen LogP contribution is 2.17. The van der Waals surface area contributed by atoms with E-state index >= 15 is 0 Å². The average molecular weight is 235 g/mol. The number of carbonyl (C=O) groups is 1. The van der Waals surface area contributed by atoms with E-state index in [0.717, 1.165) is 18.4 Å². The fourth-order valence-corrected chi connectivity index (χ4v) is 1.67. The van der Waals surface area contributed by atoms with E-state index in [9.17, 15) is 9.90 Å². The first-order valence-electron chi connectivity index (χ1n) is 6.16. The monoisotopic (exact) mass is 235 g/mol. The standard InChI is InChI=1S/C14H21NO2/c1-4-11(5-2)9-15-14(17)12-7-6-10(3)13(16)8-12/h6-8,11,16H,4-5,9H2,1-3H3,(H,15,17). The number of aromatic hydroxyl groups is 1. The lowest BCUT2D eigenvalue weighted by Crippen LogP contribution is -2.28. The van der Waals surface area contributed by atoms with Gasteiger partial charge in [-0.2, -0.15) is 0 Å². The first-order chi connectivity index (χ1) is 8.08. The third-order valence-corrected chi connectivity index (χ3v) is 3.18. The Kier molecular flexibility index (Phi) is 5.01. The van der Waals surface area contributed by atoms with E-state index in [1.54, 1.807) is 19.1 Å². The Morgan fingerprint density at radius 2 is 2.00 bits per heavy atom. The van der Waals surface area contributed by atoms with Crippen molar-refractivity contribution in [2.75, 3.05) is 6.54 Å². The summed E-state index contributed by atoms with van der Waals surface area (Å²) in [7, 11) is 0. The van der Waals surface area contributed by atoms with Crippen molar-refractivity contribution in [2.45, 2.75) is 33.6 Å². The highest BCUT2D eigenvalue weighted by molar-refractivity contribution is 5.94. The van der Waals surface area contributed by atoms with Gasteiger partial charge in [-0.25, -0.2) is 0 Å².